The number of ether oxygens (including phenoxy) is 3. The van der Waals surface area contributed by atoms with E-state index in [2.05, 4.69) is 55.1 Å². The van der Waals surface area contributed by atoms with Crippen molar-refractivity contribution in [2.45, 2.75) is 39.3 Å². The molecule has 1 heterocycles. The lowest BCUT2D eigenvalue weighted by atomic mass is 10.0. The summed E-state index contributed by atoms with van der Waals surface area (Å²) in [7, 11) is 3.41. The quantitative estimate of drug-likeness (QED) is 0.650. The molecular formula is C23H31NO3. The first-order valence-electron chi connectivity index (χ1n) is 9.78. The maximum atomic E-state index is 5.88. The van der Waals surface area contributed by atoms with Gasteiger partial charge in [0, 0.05) is 12.6 Å². The summed E-state index contributed by atoms with van der Waals surface area (Å²) in [6.07, 6.45) is 2.42. The highest BCUT2D eigenvalue weighted by Crippen LogP contribution is 2.35. The van der Waals surface area contributed by atoms with E-state index in [1.807, 2.05) is 6.07 Å². The number of methoxy groups -OCH3 is 2. The number of likely N-dealkylation sites (tertiary alicyclic amines) is 1. The SMILES string of the molecule is COc1ccc([C@H]2CCCN2Cc2ccc(OCC(C)C)c(OC)c2)cc1. The molecule has 0 unspecified atom stereocenters. The Labute approximate surface area is 163 Å². The number of rotatable bonds is 8. The molecular weight excluding hydrogens is 338 g/mol. The number of nitrogens with zero attached hydrogens (tertiary/aromatic N) is 1. The lowest BCUT2D eigenvalue weighted by molar-refractivity contribution is 0.245. The van der Waals surface area contributed by atoms with E-state index in [-0.39, 0.29) is 0 Å². The molecule has 1 fully saturated rings. The van der Waals surface area contributed by atoms with Gasteiger partial charge in [-0.05, 0) is 60.7 Å². The van der Waals surface area contributed by atoms with Crippen LogP contribution in [0.4, 0.5) is 0 Å². The number of hydrogen-bond donors (Lipinski definition) is 0. The molecule has 0 radical (unpaired) electrons. The van der Waals surface area contributed by atoms with Crippen LogP contribution in [-0.4, -0.2) is 32.3 Å². The van der Waals surface area contributed by atoms with Crippen LogP contribution in [0.1, 0.15) is 43.9 Å². The van der Waals surface area contributed by atoms with Gasteiger partial charge in [0.2, 0.25) is 0 Å². The summed E-state index contributed by atoms with van der Waals surface area (Å²) >= 11 is 0. The van der Waals surface area contributed by atoms with Gasteiger partial charge in [-0.15, -0.1) is 0 Å². The van der Waals surface area contributed by atoms with Crippen molar-refractivity contribution in [3.05, 3.63) is 53.6 Å². The Hall–Kier alpha value is -2.20. The zero-order chi connectivity index (χ0) is 19.2. The molecule has 0 N–H and O–H groups in total. The Bertz CT molecular complexity index is 727. The van der Waals surface area contributed by atoms with E-state index in [0.29, 0.717) is 18.6 Å². The van der Waals surface area contributed by atoms with Crippen LogP contribution in [0.15, 0.2) is 42.5 Å². The van der Waals surface area contributed by atoms with Gasteiger partial charge in [-0.3, -0.25) is 4.90 Å². The maximum Gasteiger partial charge on any atom is 0.161 e. The summed E-state index contributed by atoms with van der Waals surface area (Å²) < 4.78 is 16.7. The van der Waals surface area contributed by atoms with Gasteiger partial charge >= 0.3 is 0 Å². The molecule has 4 nitrogen and oxygen atoms in total. The molecule has 1 aliphatic rings. The Morgan fingerprint density at radius 1 is 1.00 bits per heavy atom. The first-order chi connectivity index (χ1) is 13.1. The van der Waals surface area contributed by atoms with E-state index in [1.165, 1.54) is 24.0 Å². The van der Waals surface area contributed by atoms with Crippen molar-refractivity contribution in [1.82, 2.24) is 4.90 Å². The number of hydrogen-bond acceptors (Lipinski definition) is 4. The van der Waals surface area contributed by atoms with E-state index in [4.69, 9.17) is 14.2 Å². The average Bonchev–Trinajstić information content (AvgIpc) is 3.14. The highest BCUT2D eigenvalue weighted by atomic mass is 16.5. The maximum absolute atomic E-state index is 5.88. The molecule has 1 atom stereocenters. The van der Waals surface area contributed by atoms with Crippen LogP contribution < -0.4 is 14.2 Å². The van der Waals surface area contributed by atoms with Gasteiger partial charge in [-0.2, -0.15) is 0 Å². The third kappa shape index (κ3) is 4.95. The first kappa shape index (κ1) is 19.6. The largest absolute Gasteiger partial charge is 0.497 e. The molecule has 2 aromatic carbocycles. The molecule has 0 amide bonds. The van der Waals surface area contributed by atoms with Crippen molar-refractivity contribution in [2.24, 2.45) is 5.92 Å². The Morgan fingerprint density at radius 3 is 2.44 bits per heavy atom. The smallest absolute Gasteiger partial charge is 0.161 e. The van der Waals surface area contributed by atoms with Gasteiger partial charge in [-0.25, -0.2) is 0 Å². The fourth-order valence-corrected chi connectivity index (χ4v) is 3.64. The van der Waals surface area contributed by atoms with Crippen LogP contribution in [0, 0.1) is 5.92 Å². The van der Waals surface area contributed by atoms with Crippen LogP contribution in [0.2, 0.25) is 0 Å². The minimum Gasteiger partial charge on any atom is -0.497 e. The Balaban J connectivity index is 1.71. The average molecular weight is 370 g/mol. The monoisotopic (exact) mass is 369 g/mol. The fourth-order valence-electron chi connectivity index (χ4n) is 3.64. The minimum atomic E-state index is 0.457. The summed E-state index contributed by atoms with van der Waals surface area (Å²) in [5.74, 6) is 3.03. The summed E-state index contributed by atoms with van der Waals surface area (Å²) in [4.78, 5) is 2.55. The van der Waals surface area contributed by atoms with Gasteiger partial charge in [0.25, 0.3) is 0 Å². The van der Waals surface area contributed by atoms with Crippen LogP contribution in [0.3, 0.4) is 0 Å². The van der Waals surface area contributed by atoms with E-state index in [1.54, 1.807) is 14.2 Å². The molecule has 4 heteroatoms. The molecule has 1 aliphatic heterocycles. The molecule has 1 saturated heterocycles. The van der Waals surface area contributed by atoms with E-state index in [9.17, 15) is 0 Å². The molecule has 0 aromatic heterocycles. The second-order valence-corrected chi connectivity index (χ2v) is 7.59. The van der Waals surface area contributed by atoms with Crippen LogP contribution in [-0.2, 0) is 6.54 Å². The minimum absolute atomic E-state index is 0.457. The predicted octanol–water partition coefficient (Wildman–Crippen LogP) is 5.08. The van der Waals surface area contributed by atoms with Gasteiger partial charge in [0.05, 0.1) is 20.8 Å². The lowest BCUT2D eigenvalue weighted by Crippen LogP contribution is -2.22. The molecule has 3 rings (SSSR count). The summed E-state index contributed by atoms with van der Waals surface area (Å²) in [6.45, 7) is 7.02. The van der Waals surface area contributed by atoms with Gasteiger partial charge in [-0.1, -0.05) is 32.0 Å². The first-order valence-corrected chi connectivity index (χ1v) is 9.78. The zero-order valence-electron chi connectivity index (χ0n) is 16.9. The topological polar surface area (TPSA) is 30.9 Å². The number of benzene rings is 2. The van der Waals surface area contributed by atoms with Crippen molar-refractivity contribution in [3.8, 4) is 17.2 Å². The summed E-state index contributed by atoms with van der Waals surface area (Å²) in [5, 5.41) is 0. The lowest BCUT2D eigenvalue weighted by Gasteiger charge is -2.25. The van der Waals surface area contributed by atoms with Crippen molar-refractivity contribution in [1.29, 1.82) is 0 Å². The van der Waals surface area contributed by atoms with E-state index in [0.717, 1.165) is 30.3 Å². The van der Waals surface area contributed by atoms with E-state index >= 15 is 0 Å². The van der Waals surface area contributed by atoms with Gasteiger partial charge < -0.3 is 14.2 Å². The summed E-state index contributed by atoms with van der Waals surface area (Å²) in [6, 6.07) is 15.2. The zero-order valence-corrected chi connectivity index (χ0v) is 16.9. The Kier molecular flexibility index (Phi) is 6.62. The fraction of sp³-hybridized carbons (Fsp3) is 0.478. The molecule has 0 bridgehead atoms. The molecule has 0 aliphatic carbocycles. The van der Waals surface area contributed by atoms with Crippen LogP contribution in [0.5, 0.6) is 17.2 Å². The highest BCUT2D eigenvalue weighted by molar-refractivity contribution is 5.43. The molecule has 2 aromatic rings. The summed E-state index contributed by atoms with van der Waals surface area (Å²) in [5.41, 5.74) is 2.61. The second-order valence-electron chi connectivity index (χ2n) is 7.59. The molecule has 0 saturated carbocycles. The van der Waals surface area contributed by atoms with Gasteiger partial charge in [0.1, 0.15) is 5.75 Å². The normalized spacial score (nSPS) is 17.3. The standard InChI is InChI=1S/C23H31NO3/c1-17(2)16-27-22-12-7-18(14-23(22)26-4)15-24-13-5-6-21(24)19-8-10-20(25-3)11-9-19/h7-12,14,17,21H,5-6,13,15-16H2,1-4H3/t21-/m1/s1. The molecule has 0 spiro atoms. The van der Waals surface area contributed by atoms with Crippen molar-refractivity contribution >= 4 is 0 Å². The van der Waals surface area contributed by atoms with Crippen LogP contribution >= 0.6 is 0 Å². The third-order valence-corrected chi connectivity index (χ3v) is 5.05. The third-order valence-electron chi connectivity index (χ3n) is 5.05. The van der Waals surface area contributed by atoms with Crippen LogP contribution in [0.25, 0.3) is 0 Å². The molecule has 27 heavy (non-hydrogen) atoms. The predicted molar refractivity (Wildman–Crippen MR) is 109 cm³/mol. The van der Waals surface area contributed by atoms with Crippen molar-refractivity contribution < 1.29 is 14.2 Å². The van der Waals surface area contributed by atoms with Gasteiger partial charge in [0.15, 0.2) is 11.5 Å². The second kappa shape index (κ2) is 9.14. The van der Waals surface area contributed by atoms with E-state index < -0.39 is 0 Å². The Morgan fingerprint density at radius 2 is 1.78 bits per heavy atom. The van der Waals surface area contributed by atoms with Crippen molar-refractivity contribution in [3.63, 3.8) is 0 Å². The molecule has 146 valence electrons. The highest BCUT2D eigenvalue weighted by Gasteiger charge is 2.26. The van der Waals surface area contributed by atoms with Crippen molar-refractivity contribution in [2.75, 3.05) is 27.4 Å².